The van der Waals surface area contributed by atoms with Crippen LogP contribution in [0.15, 0.2) is 36.7 Å². The average Bonchev–Trinajstić information content (AvgIpc) is 2.87. The molecule has 0 aliphatic heterocycles. The molecule has 0 amide bonds. The number of benzene rings is 1. The van der Waals surface area contributed by atoms with Crippen LogP contribution in [0.25, 0.3) is 16.9 Å². The summed E-state index contributed by atoms with van der Waals surface area (Å²) in [7, 11) is 1.65. The molecule has 0 radical (unpaired) electrons. The molecular formula is C15H16N4O2. The summed E-state index contributed by atoms with van der Waals surface area (Å²) in [5.41, 5.74) is 2.03. The lowest BCUT2D eigenvalue weighted by molar-refractivity contribution is 0.146. The summed E-state index contributed by atoms with van der Waals surface area (Å²) in [5.74, 6) is 2.14. The van der Waals surface area contributed by atoms with E-state index in [1.165, 1.54) is 0 Å². The molecule has 1 aromatic carbocycles. The lowest BCUT2D eigenvalue weighted by Crippen LogP contribution is -2.03. The SMILES string of the molecule is COCCOc1ccc(-c2cnc3nc(C)nn3c2)cc1. The fraction of sp³-hybridized carbons (Fsp3) is 0.267. The van der Waals surface area contributed by atoms with Crippen molar-refractivity contribution in [2.75, 3.05) is 20.3 Å². The number of aromatic nitrogens is 4. The third-order valence-corrected chi connectivity index (χ3v) is 3.04. The van der Waals surface area contributed by atoms with Gasteiger partial charge in [0.15, 0.2) is 0 Å². The van der Waals surface area contributed by atoms with Crippen molar-refractivity contribution in [1.82, 2.24) is 19.6 Å². The second-order valence-electron chi connectivity index (χ2n) is 4.61. The predicted molar refractivity (Wildman–Crippen MR) is 78.3 cm³/mol. The Morgan fingerprint density at radius 1 is 1.10 bits per heavy atom. The van der Waals surface area contributed by atoms with Crippen LogP contribution in [0.4, 0.5) is 0 Å². The average molecular weight is 284 g/mol. The van der Waals surface area contributed by atoms with Gasteiger partial charge in [-0.1, -0.05) is 12.1 Å². The highest BCUT2D eigenvalue weighted by Crippen LogP contribution is 2.21. The van der Waals surface area contributed by atoms with Gasteiger partial charge in [0.1, 0.15) is 18.2 Å². The number of methoxy groups -OCH3 is 1. The van der Waals surface area contributed by atoms with Gasteiger partial charge in [0, 0.05) is 25.1 Å². The molecule has 0 fully saturated rings. The van der Waals surface area contributed by atoms with Gasteiger partial charge in [0.05, 0.1) is 6.61 Å². The summed E-state index contributed by atoms with van der Waals surface area (Å²) in [6.45, 7) is 2.97. The molecular weight excluding hydrogens is 268 g/mol. The summed E-state index contributed by atoms with van der Waals surface area (Å²) in [6, 6.07) is 7.85. The summed E-state index contributed by atoms with van der Waals surface area (Å²) >= 11 is 0. The molecule has 0 saturated heterocycles. The maximum atomic E-state index is 5.54. The Bertz CT molecular complexity index is 737. The molecule has 0 N–H and O–H groups in total. The Kier molecular flexibility index (Phi) is 3.79. The maximum Gasteiger partial charge on any atom is 0.252 e. The molecule has 0 unspecified atom stereocenters. The molecule has 0 aliphatic carbocycles. The van der Waals surface area contributed by atoms with E-state index < -0.39 is 0 Å². The van der Waals surface area contributed by atoms with Crippen LogP contribution in [0.2, 0.25) is 0 Å². The van der Waals surface area contributed by atoms with E-state index in [1.807, 2.05) is 37.4 Å². The molecule has 0 atom stereocenters. The van der Waals surface area contributed by atoms with Crippen LogP contribution in [0.5, 0.6) is 5.75 Å². The number of fused-ring (bicyclic) bond motifs is 1. The zero-order chi connectivity index (χ0) is 14.7. The van der Waals surface area contributed by atoms with E-state index >= 15 is 0 Å². The van der Waals surface area contributed by atoms with Gasteiger partial charge in [-0.3, -0.25) is 0 Å². The van der Waals surface area contributed by atoms with E-state index in [9.17, 15) is 0 Å². The molecule has 21 heavy (non-hydrogen) atoms. The Morgan fingerprint density at radius 2 is 1.90 bits per heavy atom. The quantitative estimate of drug-likeness (QED) is 0.672. The van der Waals surface area contributed by atoms with Crippen molar-refractivity contribution in [2.24, 2.45) is 0 Å². The number of aryl methyl sites for hydroxylation is 1. The van der Waals surface area contributed by atoms with Crippen LogP contribution in [-0.2, 0) is 4.74 Å². The standard InChI is InChI=1S/C15H16N4O2/c1-11-17-15-16-9-13(10-19(15)18-11)12-3-5-14(6-4-12)21-8-7-20-2/h3-6,9-10H,7-8H2,1-2H3. The summed E-state index contributed by atoms with van der Waals surface area (Å²) in [6.07, 6.45) is 3.72. The Morgan fingerprint density at radius 3 is 2.67 bits per heavy atom. The van der Waals surface area contributed by atoms with Crippen LogP contribution in [-0.4, -0.2) is 39.9 Å². The monoisotopic (exact) mass is 284 g/mol. The Hall–Kier alpha value is -2.47. The molecule has 0 spiro atoms. The predicted octanol–water partition coefficient (Wildman–Crippen LogP) is 2.12. The molecule has 6 nitrogen and oxygen atoms in total. The summed E-state index contributed by atoms with van der Waals surface area (Å²) in [4.78, 5) is 8.52. The van der Waals surface area contributed by atoms with Gasteiger partial charge in [-0.2, -0.15) is 10.1 Å². The topological polar surface area (TPSA) is 61.5 Å². The highest BCUT2D eigenvalue weighted by atomic mass is 16.5. The van der Waals surface area contributed by atoms with Crippen LogP contribution in [0, 0.1) is 6.92 Å². The molecule has 0 aliphatic rings. The van der Waals surface area contributed by atoms with E-state index in [1.54, 1.807) is 17.8 Å². The van der Waals surface area contributed by atoms with Crippen LogP contribution >= 0.6 is 0 Å². The van der Waals surface area contributed by atoms with Gasteiger partial charge in [0.2, 0.25) is 0 Å². The van der Waals surface area contributed by atoms with Crippen LogP contribution < -0.4 is 4.74 Å². The molecule has 2 heterocycles. The first-order valence-electron chi connectivity index (χ1n) is 6.67. The van der Waals surface area contributed by atoms with Crippen molar-refractivity contribution in [3.63, 3.8) is 0 Å². The summed E-state index contributed by atoms with van der Waals surface area (Å²) in [5, 5.41) is 4.27. The van der Waals surface area contributed by atoms with Crippen LogP contribution in [0.1, 0.15) is 5.82 Å². The van der Waals surface area contributed by atoms with Crippen molar-refractivity contribution in [2.45, 2.75) is 6.92 Å². The number of hydrogen-bond acceptors (Lipinski definition) is 5. The fourth-order valence-electron chi connectivity index (χ4n) is 2.02. The summed E-state index contributed by atoms with van der Waals surface area (Å²) < 4.78 is 12.2. The maximum absolute atomic E-state index is 5.54. The normalized spacial score (nSPS) is 11.0. The third-order valence-electron chi connectivity index (χ3n) is 3.04. The van der Waals surface area contributed by atoms with Crippen molar-refractivity contribution < 1.29 is 9.47 Å². The van der Waals surface area contributed by atoms with Crippen molar-refractivity contribution in [1.29, 1.82) is 0 Å². The van der Waals surface area contributed by atoms with E-state index in [4.69, 9.17) is 9.47 Å². The van der Waals surface area contributed by atoms with Gasteiger partial charge in [-0.05, 0) is 24.6 Å². The zero-order valence-electron chi connectivity index (χ0n) is 12.0. The highest BCUT2D eigenvalue weighted by molar-refractivity contribution is 5.63. The number of ether oxygens (including phenoxy) is 2. The van der Waals surface area contributed by atoms with Gasteiger partial charge in [-0.15, -0.1) is 0 Å². The fourth-order valence-corrected chi connectivity index (χ4v) is 2.02. The van der Waals surface area contributed by atoms with Crippen molar-refractivity contribution >= 4 is 5.78 Å². The molecule has 6 heteroatoms. The molecule has 0 bridgehead atoms. The molecule has 3 rings (SSSR count). The van der Waals surface area contributed by atoms with Gasteiger partial charge in [-0.25, -0.2) is 9.50 Å². The van der Waals surface area contributed by atoms with E-state index in [0.29, 0.717) is 24.8 Å². The Balaban J connectivity index is 1.81. The number of nitrogens with zero attached hydrogens (tertiary/aromatic N) is 4. The number of hydrogen-bond donors (Lipinski definition) is 0. The van der Waals surface area contributed by atoms with E-state index in [0.717, 1.165) is 16.9 Å². The van der Waals surface area contributed by atoms with Crippen molar-refractivity contribution in [3.8, 4) is 16.9 Å². The van der Waals surface area contributed by atoms with Gasteiger partial charge in [0.25, 0.3) is 5.78 Å². The first-order chi connectivity index (χ1) is 10.3. The second-order valence-corrected chi connectivity index (χ2v) is 4.61. The van der Waals surface area contributed by atoms with Crippen molar-refractivity contribution in [3.05, 3.63) is 42.5 Å². The zero-order valence-corrected chi connectivity index (χ0v) is 12.0. The smallest absolute Gasteiger partial charge is 0.252 e. The molecule has 108 valence electrons. The van der Waals surface area contributed by atoms with Gasteiger partial charge >= 0.3 is 0 Å². The second kappa shape index (κ2) is 5.88. The minimum atomic E-state index is 0.543. The van der Waals surface area contributed by atoms with E-state index in [-0.39, 0.29) is 0 Å². The Labute approximate surface area is 122 Å². The largest absolute Gasteiger partial charge is 0.491 e. The lowest BCUT2D eigenvalue weighted by Gasteiger charge is -2.06. The minimum absolute atomic E-state index is 0.543. The van der Waals surface area contributed by atoms with Crippen LogP contribution in [0.3, 0.4) is 0 Å². The molecule has 2 aromatic heterocycles. The first kappa shape index (κ1) is 13.5. The van der Waals surface area contributed by atoms with Gasteiger partial charge < -0.3 is 9.47 Å². The lowest BCUT2D eigenvalue weighted by atomic mass is 10.1. The van der Waals surface area contributed by atoms with E-state index in [2.05, 4.69) is 15.1 Å². The molecule has 3 aromatic rings. The minimum Gasteiger partial charge on any atom is -0.491 e. The first-order valence-corrected chi connectivity index (χ1v) is 6.67. The number of rotatable bonds is 5. The third kappa shape index (κ3) is 3.00. The molecule has 0 saturated carbocycles. The highest BCUT2D eigenvalue weighted by Gasteiger charge is 2.04.